The third kappa shape index (κ3) is 5.12. The number of rotatable bonds is 11. The molecule has 0 fully saturated rings. The van der Waals surface area contributed by atoms with Crippen LogP contribution in [0, 0.1) is 5.92 Å². The zero-order valence-corrected chi connectivity index (χ0v) is 18.8. The lowest BCUT2D eigenvalue weighted by molar-refractivity contribution is -0.462. The Hall–Kier alpha value is -2.01. The second-order valence-electron chi connectivity index (χ2n) is 8.67. The van der Waals surface area contributed by atoms with Crippen molar-refractivity contribution in [1.82, 2.24) is 0 Å². The average Bonchev–Trinajstić information content (AvgIpc) is 2.71. The van der Waals surface area contributed by atoms with Gasteiger partial charge in [0, 0.05) is 6.42 Å². The van der Waals surface area contributed by atoms with Crippen LogP contribution in [0.1, 0.15) is 37.5 Å². The molecule has 1 N–H and O–H groups in total. The van der Waals surface area contributed by atoms with Crippen LogP contribution in [0.15, 0.2) is 24.3 Å². The Balaban J connectivity index is 3.55. The Labute approximate surface area is 202 Å². The van der Waals surface area contributed by atoms with Crippen LogP contribution in [0.25, 0.3) is 0 Å². The van der Waals surface area contributed by atoms with Crippen LogP contribution >= 0.6 is 0 Å². The molecule has 0 amide bonds. The summed E-state index contributed by atoms with van der Waals surface area (Å²) < 4.78 is 227. The van der Waals surface area contributed by atoms with Crippen molar-refractivity contribution in [3.8, 4) is 0 Å². The third-order valence-corrected chi connectivity index (χ3v) is 5.28. The van der Waals surface area contributed by atoms with Crippen molar-refractivity contribution in [1.29, 1.82) is 0 Å². The molecule has 0 aliphatic heterocycles. The first-order chi connectivity index (χ1) is 16.5. The van der Waals surface area contributed by atoms with Crippen LogP contribution in [-0.2, 0) is 6.42 Å². The first-order valence-electron chi connectivity index (χ1n) is 10.0. The van der Waals surface area contributed by atoms with Gasteiger partial charge < -0.3 is 5.11 Å². The maximum atomic E-state index is 14.2. The molecule has 0 spiro atoms. The lowest BCUT2D eigenvalue weighted by Crippen LogP contribution is -2.74. The van der Waals surface area contributed by atoms with Crippen molar-refractivity contribution in [2.75, 3.05) is 0 Å². The van der Waals surface area contributed by atoms with Gasteiger partial charge in [-0.2, -0.15) is 74.6 Å². The van der Waals surface area contributed by atoms with Crippen LogP contribution in [0.4, 0.5) is 74.6 Å². The van der Waals surface area contributed by atoms with Crippen molar-refractivity contribution >= 4 is 0 Å². The first kappa shape index (κ1) is 34.0. The average molecular weight is 596 g/mol. The molecule has 1 atom stereocenters. The van der Waals surface area contributed by atoms with Crippen LogP contribution in [-0.4, -0.2) is 52.7 Å². The van der Waals surface area contributed by atoms with Crippen molar-refractivity contribution in [3.63, 3.8) is 0 Å². The smallest absolute Gasteiger partial charge is 0.388 e. The van der Waals surface area contributed by atoms with E-state index in [1.54, 1.807) is 13.8 Å². The standard InChI is InChI=1S/C20H17F17O/c1-9(2)7-10-5-3-4-6-11(10)12(38)8-13(21,22)14(23,24)15(25,26)16(27,28)17(29,30)18(31,32)19(33,34)20(35,36)37/h3-6,9,12,38H,7-8H2,1-2H3. The topological polar surface area (TPSA) is 20.2 Å². The maximum Gasteiger partial charge on any atom is 0.460 e. The van der Waals surface area contributed by atoms with E-state index in [1.165, 1.54) is 6.07 Å². The fraction of sp³-hybridized carbons (Fsp3) is 0.700. The molecular formula is C20H17F17O. The monoisotopic (exact) mass is 596 g/mol. The number of aliphatic hydroxyl groups is 1. The molecule has 0 saturated heterocycles. The summed E-state index contributed by atoms with van der Waals surface area (Å²) in [5, 5.41) is 9.93. The minimum absolute atomic E-state index is 0.0354. The molecule has 1 nitrogen and oxygen atoms in total. The molecule has 0 saturated carbocycles. The van der Waals surface area contributed by atoms with Crippen LogP contribution in [0.3, 0.4) is 0 Å². The zero-order chi connectivity index (χ0) is 30.6. The molecule has 0 aromatic heterocycles. The molecule has 0 bridgehead atoms. The fourth-order valence-corrected chi connectivity index (χ4v) is 3.16. The van der Waals surface area contributed by atoms with Gasteiger partial charge >= 0.3 is 47.6 Å². The lowest BCUT2D eigenvalue weighted by atomic mass is 9.86. The molecule has 0 radical (unpaired) electrons. The molecule has 1 aromatic rings. The van der Waals surface area contributed by atoms with E-state index >= 15 is 0 Å². The van der Waals surface area contributed by atoms with Crippen LogP contribution in [0.5, 0.6) is 0 Å². The van der Waals surface area contributed by atoms with Gasteiger partial charge in [-0.1, -0.05) is 38.1 Å². The van der Waals surface area contributed by atoms with Gasteiger partial charge in [-0.05, 0) is 23.5 Å². The number of hydrogen-bond donors (Lipinski definition) is 1. The second kappa shape index (κ2) is 9.87. The molecule has 1 rings (SSSR count). The molecule has 18 heteroatoms. The molecule has 0 aliphatic rings. The minimum atomic E-state index is -8.68. The first-order valence-corrected chi connectivity index (χ1v) is 10.0. The van der Waals surface area contributed by atoms with E-state index in [0.717, 1.165) is 18.2 Å². The summed E-state index contributed by atoms with van der Waals surface area (Å²) in [6.45, 7) is 3.10. The predicted octanol–water partition coefficient (Wildman–Crippen LogP) is 8.32. The molecule has 1 unspecified atom stereocenters. The highest BCUT2D eigenvalue weighted by molar-refractivity contribution is 5.30. The molecule has 0 aliphatic carbocycles. The number of benzene rings is 1. The van der Waals surface area contributed by atoms with Gasteiger partial charge in [0.15, 0.2) is 0 Å². The second-order valence-corrected chi connectivity index (χ2v) is 8.67. The summed E-state index contributed by atoms with van der Waals surface area (Å²) in [4.78, 5) is 0. The van der Waals surface area contributed by atoms with Gasteiger partial charge in [0.1, 0.15) is 0 Å². The quantitative estimate of drug-likeness (QED) is 0.255. The fourth-order valence-electron chi connectivity index (χ4n) is 3.16. The Bertz CT molecular complexity index is 965. The van der Waals surface area contributed by atoms with E-state index in [2.05, 4.69) is 0 Å². The van der Waals surface area contributed by atoms with Gasteiger partial charge in [0.05, 0.1) is 6.10 Å². The van der Waals surface area contributed by atoms with Gasteiger partial charge in [0.25, 0.3) is 0 Å². The van der Waals surface area contributed by atoms with Crippen molar-refractivity contribution in [2.45, 2.75) is 80.4 Å². The Morgan fingerprint density at radius 3 is 1.34 bits per heavy atom. The Morgan fingerprint density at radius 2 is 0.947 bits per heavy atom. The summed E-state index contributed by atoms with van der Waals surface area (Å²) in [6.07, 6.45) is -13.6. The summed E-state index contributed by atoms with van der Waals surface area (Å²) >= 11 is 0. The number of hydrogen-bond acceptors (Lipinski definition) is 1. The number of aliphatic hydroxyl groups excluding tert-OH is 1. The zero-order valence-electron chi connectivity index (χ0n) is 18.8. The summed E-state index contributed by atoms with van der Waals surface area (Å²) in [6, 6.07) is 4.26. The van der Waals surface area contributed by atoms with Crippen LogP contribution in [0.2, 0.25) is 0 Å². The normalized spacial score (nSPS) is 16.2. The number of alkyl halides is 17. The van der Waals surface area contributed by atoms with E-state index in [0.29, 0.717) is 0 Å². The van der Waals surface area contributed by atoms with Gasteiger partial charge in [-0.25, -0.2) is 0 Å². The van der Waals surface area contributed by atoms with Gasteiger partial charge in [0.2, 0.25) is 0 Å². The lowest BCUT2D eigenvalue weighted by Gasteiger charge is -2.43. The Kier molecular flexibility index (Phi) is 8.84. The summed E-state index contributed by atoms with van der Waals surface area (Å²) in [7, 11) is 0. The third-order valence-electron chi connectivity index (χ3n) is 5.28. The molecule has 0 heterocycles. The largest absolute Gasteiger partial charge is 0.460 e. The van der Waals surface area contributed by atoms with Gasteiger partial charge in [-0.3, -0.25) is 0 Å². The maximum absolute atomic E-state index is 14.2. The minimum Gasteiger partial charge on any atom is -0.388 e. The molecule has 38 heavy (non-hydrogen) atoms. The van der Waals surface area contributed by atoms with Crippen molar-refractivity contribution in [3.05, 3.63) is 35.4 Å². The molecule has 1 aromatic carbocycles. The summed E-state index contributed by atoms with van der Waals surface area (Å²) in [5.74, 6) is -57.2. The van der Waals surface area contributed by atoms with Crippen molar-refractivity contribution in [2.24, 2.45) is 5.92 Å². The SMILES string of the molecule is CC(C)Cc1ccccc1C(O)CC(F)(F)C(F)(F)C(F)(F)C(F)(F)C(F)(F)C(F)(F)C(F)(F)C(F)(F)F. The Morgan fingerprint density at radius 1 is 0.579 bits per heavy atom. The highest BCUT2D eigenvalue weighted by Crippen LogP contribution is 2.64. The van der Waals surface area contributed by atoms with E-state index in [1.807, 2.05) is 0 Å². The number of halogens is 17. The van der Waals surface area contributed by atoms with E-state index in [4.69, 9.17) is 0 Å². The van der Waals surface area contributed by atoms with E-state index in [9.17, 15) is 79.7 Å². The molecular weight excluding hydrogens is 579 g/mol. The predicted molar refractivity (Wildman–Crippen MR) is 95.2 cm³/mol. The molecule has 222 valence electrons. The van der Waals surface area contributed by atoms with Crippen molar-refractivity contribution < 1.29 is 79.7 Å². The van der Waals surface area contributed by atoms with E-state index in [-0.39, 0.29) is 17.9 Å². The summed E-state index contributed by atoms with van der Waals surface area (Å²) in [5.41, 5.74) is -0.666. The highest BCUT2D eigenvalue weighted by Gasteiger charge is 2.95. The van der Waals surface area contributed by atoms with E-state index < -0.39 is 65.7 Å². The highest BCUT2D eigenvalue weighted by atomic mass is 19.4. The van der Waals surface area contributed by atoms with Crippen LogP contribution < -0.4 is 0 Å². The van der Waals surface area contributed by atoms with Gasteiger partial charge in [-0.15, -0.1) is 0 Å².